The van der Waals surface area contributed by atoms with E-state index in [-0.39, 0.29) is 24.9 Å². The van der Waals surface area contributed by atoms with Gasteiger partial charge in [0.2, 0.25) is 5.91 Å². The standard InChI is InChI=1S/C23H23N3O3/c27-17(15-26-12-6-11-22(26)28)14-24-23(29)19-13-21(16-7-2-1-3-8-16)25-20-10-5-4-9-18(19)20/h1-5,7-10,13,17,27H,6,11-12,14-15H2,(H,24,29)/t17-/m0/s1. The quantitative estimate of drug-likeness (QED) is 0.679. The molecule has 0 aliphatic carbocycles. The summed E-state index contributed by atoms with van der Waals surface area (Å²) < 4.78 is 0. The number of aliphatic hydroxyl groups excluding tert-OH is 1. The second-order valence-corrected chi connectivity index (χ2v) is 7.25. The molecule has 0 radical (unpaired) electrons. The molecular weight excluding hydrogens is 366 g/mol. The number of carbonyl (C=O) groups is 2. The summed E-state index contributed by atoms with van der Waals surface area (Å²) in [5.74, 6) is -0.212. The second kappa shape index (κ2) is 8.41. The van der Waals surface area contributed by atoms with Gasteiger partial charge in [-0.15, -0.1) is 0 Å². The molecule has 148 valence electrons. The zero-order valence-corrected chi connectivity index (χ0v) is 16.0. The molecule has 6 heteroatoms. The van der Waals surface area contributed by atoms with Gasteiger partial charge in [0.1, 0.15) is 0 Å². The molecule has 29 heavy (non-hydrogen) atoms. The van der Waals surface area contributed by atoms with E-state index in [1.165, 1.54) is 0 Å². The van der Waals surface area contributed by atoms with E-state index in [2.05, 4.69) is 10.3 Å². The average Bonchev–Trinajstić information content (AvgIpc) is 3.16. The average molecular weight is 389 g/mol. The van der Waals surface area contributed by atoms with E-state index in [9.17, 15) is 14.7 Å². The van der Waals surface area contributed by atoms with Crippen LogP contribution in [0.15, 0.2) is 60.7 Å². The molecule has 1 aromatic heterocycles. The molecule has 0 spiro atoms. The minimum absolute atomic E-state index is 0.0583. The summed E-state index contributed by atoms with van der Waals surface area (Å²) in [6.07, 6.45) is 0.552. The van der Waals surface area contributed by atoms with Crippen LogP contribution in [0.1, 0.15) is 23.2 Å². The SMILES string of the molecule is O=C(NC[C@H](O)CN1CCCC1=O)c1cc(-c2ccccc2)nc2ccccc12. The summed E-state index contributed by atoms with van der Waals surface area (Å²) in [7, 11) is 0. The van der Waals surface area contributed by atoms with Gasteiger partial charge in [-0.05, 0) is 18.6 Å². The maximum absolute atomic E-state index is 12.9. The molecule has 1 fully saturated rings. The van der Waals surface area contributed by atoms with Crippen molar-refractivity contribution in [3.63, 3.8) is 0 Å². The number of amides is 2. The van der Waals surface area contributed by atoms with Gasteiger partial charge in [0.25, 0.3) is 5.91 Å². The highest BCUT2D eigenvalue weighted by molar-refractivity contribution is 6.07. The highest BCUT2D eigenvalue weighted by Crippen LogP contribution is 2.24. The summed E-state index contributed by atoms with van der Waals surface area (Å²) >= 11 is 0. The lowest BCUT2D eigenvalue weighted by Gasteiger charge is -2.20. The van der Waals surface area contributed by atoms with Gasteiger partial charge in [0.05, 0.1) is 22.9 Å². The van der Waals surface area contributed by atoms with Crippen LogP contribution >= 0.6 is 0 Å². The van der Waals surface area contributed by atoms with Gasteiger partial charge in [0.15, 0.2) is 0 Å². The fraction of sp³-hybridized carbons (Fsp3) is 0.261. The fourth-order valence-corrected chi connectivity index (χ4v) is 3.64. The van der Waals surface area contributed by atoms with Crippen LogP contribution in [0.5, 0.6) is 0 Å². The molecule has 1 aliphatic rings. The van der Waals surface area contributed by atoms with E-state index < -0.39 is 6.10 Å². The first-order valence-electron chi connectivity index (χ1n) is 9.81. The van der Waals surface area contributed by atoms with Gasteiger partial charge in [-0.2, -0.15) is 0 Å². The van der Waals surface area contributed by atoms with Crippen LogP contribution < -0.4 is 5.32 Å². The van der Waals surface area contributed by atoms with Gasteiger partial charge in [0, 0.05) is 37.0 Å². The first kappa shape index (κ1) is 19.1. The van der Waals surface area contributed by atoms with Crippen molar-refractivity contribution in [1.29, 1.82) is 0 Å². The minimum atomic E-state index is -0.803. The molecular formula is C23H23N3O3. The summed E-state index contributed by atoms with van der Waals surface area (Å²) in [5, 5.41) is 13.8. The van der Waals surface area contributed by atoms with Crippen molar-refractivity contribution in [2.24, 2.45) is 0 Å². The van der Waals surface area contributed by atoms with Crippen LogP contribution in [-0.4, -0.2) is 52.5 Å². The van der Waals surface area contributed by atoms with Crippen LogP contribution in [0.3, 0.4) is 0 Å². The molecule has 2 aromatic carbocycles. The first-order valence-corrected chi connectivity index (χ1v) is 9.81. The molecule has 1 atom stereocenters. The number of β-amino-alcohol motifs (C(OH)–C–C–N with tert-alkyl or cyclic N) is 1. The van der Waals surface area contributed by atoms with Crippen molar-refractivity contribution >= 4 is 22.7 Å². The van der Waals surface area contributed by atoms with Crippen LogP contribution in [0.4, 0.5) is 0 Å². The van der Waals surface area contributed by atoms with Crippen LogP contribution in [-0.2, 0) is 4.79 Å². The number of para-hydroxylation sites is 1. The van der Waals surface area contributed by atoms with Crippen molar-refractivity contribution in [2.75, 3.05) is 19.6 Å². The van der Waals surface area contributed by atoms with Crippen molar-refractivity contribution in [3.8, 4) is 11.3 Å². The van der Waals surface area contributed by atoms with E-state index in [0.717, 1.165) is 28.6 Å². The number of pyridine rings is 1. The molecule has 0 bridgehead atoms. The number of hydrogen-bond donors (Lipinski definition) is 2. The largest absolute Gasteiger partial charge is 0.389 e. The number of fused-ring (bicyclic) bond motifs is 1. The lowest BCUT2D eigenvalue weighted by molar-refractivity contribution is -0.128. The maximum Gasteiger partial charge on any atom is 0.252 e. The Morgan fingerprint density at radius 2 is 1.90 bits per heavy atom. The Morgan fingerprint density at radius 3 is 2.66 bits per heavy atom. The predicted octanol–water partition coefficient (Wildman–Crippen LogP) is 2.61. The fourth-order valence-electron chi connectivity index (χ4n) is 3.64. The third-order valence-electron chi connectivity index (χ3n) is 5.13. The highest BCUT2D eigenvalue weighted by Gasteiger charge is 2.23. The monoisotopic (exact) mass is 389 g/mol. The Kier molecular flexibility index (Phi) is 5.53. The van der Waals surface area contributed by atoms with Crippen molar-refractivity contribution in [1.82, 2.24) is 15.2 Å². The van der Waals surface area contributed by atoms with Crippen molar-refractivity contribution < 1.29 is 14.7 Å². The lowest BCUT2D eigenvalue weighted by Crippen LogP contribution is -2.40. The van der Waals surface area contributed by atoms with Gasteiger partial charge < -0.3 is 15.3 Å². The van der Waals surface area contributed by atoms with Gasteiger partial charge in [-0.1, -0.05) is 48.5 Å². The van der Waals surface area contributed by atoms with E-state index in [1.807, 2.05) is 54.6 Å². The van der Waals surface area contributed by atoms with E-state index in [1.54, 1.807) is 11.0 Å². The number of benzene rings is 2. The Bertz CT molecular complexity index is 1040. The number of nitrogens with one attached hydrogen (secondary N) is 1. The molecule has 0 unspecified atom stereocenters. The molecule has 6 nitrogen and oxygen atoms in total. The Hall–Kier alpha value is -3.25. The summed E-state index contributed by atoms with van der Waals surface area (Å²) in [6, 6.07) is 19.0. The van der Waals surface area contributed by atoms with Gasteiger partial charge >= 0.3 is 0 Å². The lowest BCUT2D eigenvalue weighted by atomic mass is 10.0. The minimum Gasteiger partial charge on any atom is -0.389 e. The molecule has 2 amide bonds. The van der Waals surface area contributed by atoms with Crippen LogP contribution in [0.2, 0.25) is 0 Å². The van der Waals surface area contributed by atoms with Gasteiger partial charge in [-0.25, -0.2) is 4.98 Å². The number of carbonyl (C=O) groups excluding carboxylic acids is 2. The molecule has 2 heterocycles. The third-order valence-corrected chi connectivity index (χ3v) is 5.13. The van der Waals surface area contributed by atoms with Crippen LogP contribution in [0, 0.1) is 0 Å². The van der Waals surface area contributed by atoms with E-state index in [4.69, 9.17) is 0 Å². The third kappa shape index (κ3) is 4.27. The maximum atomic E-state index is 12.9. The topological polar surface area (TPSA) is 82.5 Å². The smallest absolute Gasteiger partial charge is 0.252 e. The van der Waals surface area contributed by atoms with Crippen molar-refractivity contribution in [3.05, 3.63) is 66.2 Å². The highest BCUT2D eigenvalue weighted by atomic mass is 16.3. The Morgan fingerprint density at radius 1 is 1.14 bits per heavy atom. The zero-order chi connectivity index (χ0) is 20.2. The Balaban J connectivity index is 1.54. The van der Waals surface area contributed by atoms with E-state index in [0.29, 0.717) is 18.5 Å². The molecule has 3 aromatic rings. The number of rotatable bonds is 6. The number of nitrogens with zero attached hydrogens (tertiary/aromatic N) is 2. The molecule has 0 saturated carbocycles. The zero-order valence-electron chi connectivity index (χ0n) is 16.0. The summed E-state index contributed by atoms with van der Waals surface area (Å²) in [4.78, 5) is 31.0. The molecule has 1 aliphatic heterocycles. The van der Waals surface area contributed by atoms with E-state index >= 15 is 0 Å². The summed E-state index contributed by atoms with van der Waals surface area (Å²) in [5.41, 5.74) is 2.90. The number of hydrogen-bond acceptors (Lipinski definition) is 4. The molecule has 1 saturated heterocycles. The molecule has 2 N–H and O–H groups in total. The van der Waals surface area contributed by atoms with Crippen molar-refractivity contribution in [2.45, 2.75) is 18.9 Å². The molecule has 4 rings (SSSR count). The number of aromatic nitrogens is 1. The number of likely N-dealkylation sites (tertiary alicyclic amines) is 1. The normalized spacial score (nSPS) is 14.9. The Labute approximate surface area is 169 Å². The first-order chi connectivity index (χ1) is 14.1. The predicted molar refractivity (Wildman–Crippen MR) is 111 cm³/mol. The van der Waals surface area contributed by atoms with Crippen LogP contribution in [0.25, 0.3) is 22.2 Å². The van der Waals surface area contributed by atoms with Gasteiger partial charge in [-0.3, -0.25) is 9.59 Å². The second-order valence-electron chi connectivity index (χ2n) is 7.25. The number of aliphatic hydroxyl groups is 1. The summed E-state index contributed by atoms with van der Waals surface area (Å²) in [6.45, 7) is 0.991.